The van der Waals surface area contributed by atoms with Gasteiger partial charge in [0.25, 0.3) is 0 Å². The Morgan fingerprint density at radius 3 is 1.35 bits per heavy atom. The van der Waals surface area contributed by atoms with E-state index in [1.807, 2.05) is 47.4 Å². The summed E-state index contributed by atoms with van der Waals surface area (Å²) in [6.45, 7) is 15.1. The lowest BCUT2D eigenvalue weighted by atomic mass is 10.2. The first-order valence-electron chi connectivity index (χ1n) is 14.2. The summed E-state index contributed by atoms with van der Waals surface area (Å²) < 4.78 is 10.2. The van der Waals surface area contributed by atoms with Crippen LogP contribution in [0.5, 0.6) is 0 Å². The van der Waals surface area contributed by atoms with Crippen LogP contribution >= 0.6 is 22.7 Å². The third kappa shape index (κ3) is 10.8. The van der Waals surface area contributed by atoms with Crippen LogP contribution in [0.15, 0.2) is 92.1 Å². The van der Waals surface area contributed by atoms with Crippen molar-refractivity contribution in [1.82, 2.24) is 0 Å². The fourth-order valence-electron chi connectivity index (χ4n) is 4.29. The number of halogens is 2. The number of aryl methyl sites for hydroxylation is 2. The van der Waals surface area contributed by atoms with E-state index in [1.165, 1.54) is 0 Å². The normalized spacial score (nSPS) is 11.1. The third-order valence-corrected chi connectivity index (χ3v) is 8.28. The Labute approximate surface area is 284 Å². The van der Waals surface area contributed by atoms with Crippen LogP contribution in [0.25, 0.3) is 0 Å². The van der Waals surface area contributed by atoms with Crippen LogP contribution in [0.3, 0.4) is 0 Å². The fourth-order valence-corrected chi connectivity index (χ4v) is 5.77. The minimum atomic E-state index is 0. The molecule has 13 heteroatoms. The van der Waals surface area contributed by atoms with Crippen LogP contribution in [0.1, 0.15) is 27.7 Å². The molecule has 9 nitrogen and oxygen atoms in total. The van der Waals surface area contributed by atoms with Gasteiger partial charge in [-0.1, -0.05) is 0 Å². The molecule has 4 rings (SSSR count). The topological polar surface area (TPSA) is 72.9 Å². The SMILES string of the molecule is CCN(CCOCCN(CC)c1ccc(N=Nc2scc[n+]2CC)cc1)c1ccc(N=Nc2scc[n+]2CC)cc1.[Br-].[Br-]. The first-order chi connectivity index (χ1) is 20.1. The Balaban J connectivity index is 0.00000323. The summed E-state index contributed by atoms with van der Waals surface area (Å²) in [5.41, 5.74) is 4.01. The molecule has 2 aromatic heterocycles. The summed E-state index contributed by atoms with van der Waals surface area (Å²) >= 11 is 3.18. The zero-order chi connectivity index (χ0) is 28.9. The molecule has 2 heterocycles. The number of thiazole rings is 2. The molecule has 0 saturated carbocycles. The van der Waals surface area contributed by atoms with Gasteiger partial charge in [-0.05, 0) is 109 Å². The molecule has 4 aromatic rings. The molecule has 0 aliphatic heterocycles. The molecule has 2 aromatic carbocycles. The van der Waals surface area contributed by atoms with Crippen molar-refractivity contribution in [3.63, 3.8) is 0 Å². The van der Waals surface area contributed by atoms with Crippen LogP contribution in [0, 0.1) is 0 Å². The number of hydrogen-bond acceptors (Lipinski definition) is 9. The Morgan fingerprint density at radius 2 is 1.00 bits per heavy atom. The molecule has 0 fully saturated rings. The van der Waals surface area contributed by atoms with Gasteiger partial charge in [-0.15, -0.1) is 0 Å². The highest BCUT2D eigenvalue weighted by Crippen LogP contribution is 2.24. The molecule has 0 atom stereocenters. The molecule has 0 aliphatic rings. The van der Waals surface area contributed by atoms with Crippen molar-refractivity contribution < 1.29 is 47.8 Å². The van der Waals surface area contributed by atoms with Gasteiger partial charge in [-0.3, -0.25) is 0 Å². The Hall–Kier alpha value is -2.58. The number of azo groups is 2. The van der Waals surface area contributed by atoms with Crippen molar-refractivity contribution in [1.29, 1.82) is 0 Å². The van der Waals surface area contributed by atoms with E-state index in [-0.39, 0.29) is 34.0 Å². The van der Waals surface area contributed by atoms with Gasteiger partial charge in [-0.2, -0.15) is 0 Å². The molecule has 0 saturated heterocycles. The van der Waals surface area contributed by atoms with Crippen LogP contribution in [-0.4, -0.2) is 39.4 Å². The zero-order valence-electron chi connectivity index (χ0n) is 25.1. The van der Waals surface area contributed by atoms with Crippen LogP contribution in [0.4, 0.5) is 33.0 Å². The van der Waals surface area contributed by atoms with Gasteiger partial charge in [-0.25, -0.2) is 9.13 Å². The molecule has 232 valence electrons. The summed E-state index contributed by atoms with van der Waals surface area (Å²) in [4.78, 5) is 4.63. The highest BCUT2D eigenvalue weighted by molar-refractivity contribution is 7.13. The van der Waals surface area contributed by atoms with E-state index in [9.17, 15) is 0 Å². The predicted octanol–water partition coefficient (Wildman–Crippen LogP) is 1.63. The molecule has 0 spiro atoms. The van der Waals surface area contributed by atoms with E-state index in [1.54, 1.807) is 22.7 Å². The van der Waals surface area contributed by atoms with E-state index in [0.29, 0.717) is 13.2 Å². The highest BCUT2D eigenvalue weighted by Gasteiger charge is 2.12. The number of likely N-dealkylation sites (N-methyl/N-ethyl adjacent to an activating group) is 2. The smallest absolute Gasteiger partial charge is 0.408 e. The zero-order valence-corrected chi connectivity index (χ0v) is 29.9. The number of anilines is 2. The second-order valence-electron chi connectivity index (χ2n) is 9.15. The van der Waals surface area contributed by atoms with Crippen molar-refractivity contribution in [2.24, 2.45) is 20.5 Å². The lowest BCUT2D eigenvalue weighted by Gasteiger charge is -2.25. The van der Waals surface area contributed by atoms with Crippen molar-refractivity contribution in [3.05, 3.63) is 71.7 Å². The lowest BCUT2D eigenvalue weighted by Crippen LogP contribution is -3.00. The van der Waals surface area contributed by atoms with Gasteiger partial charge in [0.2, 0.25) is 0 Å². The van der Waals surface area contributed by atoms with Gasteiger partial charge in [0, 0.05) is 48.3 Å². The van der Waals surface area contributed by atoms with Gasteiger partial charge >= 0.3 is 10.3 Å². The second kappa shape index (κ2) is 19.6. The molecule has 0 radical (unpaired) electrons. The maximum atomic E-state index is 6.04. The fraction of sp³-hybridized carbons (Fsp3) is 0.400. The molecular weight excluding hydrogens is 712 g/mol. The summed E-state index contributed by atoms with van der Waals surface area (Å²) in [7, 11) is 0. The number of aromatic nitrogens is 2. The highest BCUT2D eigenvalue weighted by atomic mass is 79.9. The van der Waals surface area contributed by atoms with Crippen molar-refractivity contribution in [3.8, 4) is 0 Å². The van der Waals surface area contributed by atoms with Crippen molar-refractivity contribution in [2.45, 2.75) is 40.8 Å². The Bertz CT molecular complexity index is 1290. The van der Waals surface area contributed by atoms with E-state index >= 15 is 0 Å². The lowest BCUT2D eigenvalue weighted by molar-refractivity contribution is -0.677. The monoisotopic (exact) mass is 750 g/mol. The molecule has 0 unspecified atom stereocenters. The first-order valence-corrected chi connectivity index (χ1v) is 16.0. The van der Waals surface area contributed by atoms with Gasteiger partial charge in [0.15, 0.2) is 0 Å². The number of benzene rings is 2. The minimum absolute atomic E-state index is 0. The van der Waals surface area contributed by atoms with Crippen LogP contribution in [-0.2, 0) is 17.8 Å². The predicted molar refractivity (Wildman–Crippen MR) is 168 cm³/mol. The number of ether oxygens (including phenoxy) is 1. The van der Waals surface area contributed by atoms with E-state index in [0.717, 1.165) is 72.3 Å². The molecular formula is C30H40Br2N8OS2. The molecule has 43 heavy (non-hydrogen) atoms. The molecule has 0 bridgehead atoms. The third-order valence-electron chi connectivity index (χ3n) is 6.71. The van der Waals surface area contributed by atoms with Gasteiger partial charge in [0.05, 0.1) is 36.5 Å². The number of hydrogen-bond donors (Lipinski definition) is 0. The average Bonchev–Trinajstić information content (AvgIpc) is 3.68. The molecule has 0 N–H and O–H groups in total. The second-order valence-corrected chi connectivity index (χ2v) is 10.9. The van der Waals surface area contributed by atoms with Crippen molar-refractivity contribution >= 4 is 55.7 Å². The quantitative estimate of drug-likeness (QED) is 0.0994. The minimum Gasteiger partial charge on any atom is -1.00 e. The number of rotatable bonds is 16. The summed E-state index contributed by atoms with van der Waals surface area (Å²) in [6.07, 6.45) is 4.06. The van der Waals surface area contributed by atoms with Crippen LogP contribution in [0.2, 0.25) is 0 Å². The van der Waals surface area contributed by atoms with E-state index in [4.69, 9.17) is 4.74 Å². The largest absolute Gasteiger partial charge is 1.00 e. The Kier molecular flexibility index (Phi) is 16.7. The number of nitrogens with zero attached hydrogens (tertiary/aromatic N) is 8. The summed E-state index contributed by atoms with van der Waals surface area (Å²) in [5.74, 6) is 0. The first kappa shape index (κ1) is 36.6. The van der Waals surface area contributed by atoms with Gasteiger partial charge < -0.3 is 48.5 Å². The van der Waals surface area contributed by atoms with Crippen molar-refractivity contribution in [2.75, 3.05) is 49.2 Å². The maximum absolute atomic E-state index is 6.04. The summed E-state index contributed by atoms with van der Waals surface area (Å²) in [5, 5.41) is 23.5. The maximum Gasteiger partial charge on any atom is 0.408 e. The molecule has 0 amide bonds. The molecule has 0 aliphatic carbocycles. The Morgan fingerprint density at radius 1 is 0.605 bits per heavy atom. The standard InChI is InChI=1S/C30H40N8OS2.2BrH/c1-5-35(27-13-9-25(10-14-27)31-33-29-37(7-3)19-23-40-29)17-21-39-22-18-36(6-2)28-15-11-26(12-16-28)32-34-30-38(8-4)20-24-41-30;;/h9-16,19-20,23-24H,5-8,17-18,21-22H2,1-4H3;2*1H/q+2;;/p-2. The van der Waals surface area contributed by atoms with Gasteiger partial charge in [0.1, 0.15) is 23.8 Å². The average molecular weight is 753 g/mol. The van der Waals surface area contributed by atoms with E-state index < -0.39 is 0 Å². The summed E-state index contributed by atoms with van der Waals surface area (Å²) in [6, 6.07) is 16.5. The van der Waals surface area contributed by atoms with Crippen LogP contribution < -0.4 is 52.9 Å². The van der Waals surface area contributed by atoms with E-state index in [2.05, 4.69) is 91.4 Å².